The van der Waals surface area contributed by atoms with E-state index in [-0.39, 0.29) is 17.2 Å². The van der Waals surface area contributed by atoms with Crippen molar-refractivity contribution in [3.05, 3.63) is 63.7 Å². The van der Waals surface area contributed by atoms with Gasteiger partial charge in [-0.2, -0.15) is 0 Å². The van der Waals surface area contributed by atoms with Crippen molar-refractivity contribution in [1.82, 2.24) is 4.90 Å². The van der Waals surface area contributed by atoms with E-state index in [4.69, 9.17) is 20.8 Å². The van der Waals surface area contributed by atoms with E-state index in [1.165, 1.54) is 18.2 Å². The van der Waals surface area contributed by atoms with E-state index < -0.39 is 17.5 Å². The van der Waals surface area contributed by atoms with E-state index in [9.17, 15) is 14.0 Å². The van der Waals surface area contributed by atoms with E-state index in [0.717, 1.165) is 0 Å². The van der Waals surface area contributed by atoms with Gasteiger partial charge in [-0.1, -0.05) is 29.8 Å². The Bertz CT molecular complexity index is 1110. The molecule has 0 radical (unpaired) electrons. The summed E-state index contributed by atoms with van der Waals surface area (Å²) in [5.74, 6) is -1.08. The fourth-order valence-electron chi connectivity index (χ4n) is 3.19. The lowest BCUT2D eigenvalue weighted by Crippen LogP contribution is -2.40. The maximum atomic E-state index is 14.8. The van der Waals surface area contributed by atoms with Crippen molar-refractivity contribution in [1.29, 1.82) is 0 Å². The van der Waals surface area contributed by atoms with Crippen LogP contribution in [0.2, 0.25) is 5.02 Å². The van der Waals surface area contributed by atoms with Crippen LogP contribution in [0.3, 0.4) is 0 Å². The summed E-state index contributed by atoms with van der Waals surface area (Å²) in [5, 5.41) is 0.809. The van der Waals surface area contributed by atoms with Gasteiger partial charge in [-0.05, 0) is 32.9 Å². The Morgan fingerprint density at radius 3 is 2.52 bits per heavy atom. The molecule has 3 rings (SSSR count). The van der Waals surface area contributed by atoms with Crippen LogP contribution in [0.25, 0.3) is 22.1 Å². The quantitative estimate of drug-likeness (QED) is 0.536. The Morgan fingerprint density at radius 1 is 1.17 bits per heavy atom. The van der Waals surface area contributed by atoms with Crippen LogP contribution in [0.5, 0.6) is 5.75 Å². The van der Waals surface area contributed by atoms with Gasteiger partial charge in [-0.25, -0.2) is 9.18 Å². The van der Waals surface area contributed by atoms with Crippen LogP contribution in [0, 0.1) is 5.82 Å². The molecule has 0 aliphatic carbocycles. The average Bonchev–Trinajstić information content (AvgIpc) is 2.69. The highest BCUT2D eigenvalue weighted by molar-refractivity contribution is 6.33. The number of carbonyl (C=O) groups excluding carboxylic acids is 1. The summed E-state index contributed by atoms with van der Waals surface area (Å²) in [6.07, 6.45) is -0.889. The lowest BCUT2D eigenvalue weighted by atomic mass is 10.0. The van der Waals surface area contributed by atoms with Crippen LogP contribution in [0.15, 0.2) is 51.7 Å². The highest BCUT2D eigenvalue weighted by Crippen LogP contribution is 2.35. The van der Waals surface area contributed by atoms with Crippen molar-refractivity contribution in [2.24, 2.45) is 0 Å². The van der Waals surface area contributed by atoms with E-state index in [1.54, 1.807) is 36.1 Å². The minimum atomic E-state index is -0.889. The Kier molecular flexibility index (Phi) is 6.23. The Labute approximate surface area is 172 Å². The van der Waals surface area contributed by atoms with Crippen molar-refractivity contribution < 1.29 is 18.3 Å². The fraction of sp³-hybridized carbons (Fsp3) is 0.273. The zero-order valence-electron chi connectivity index (χ0n) is 16.4. The summed E-state index contributed by atoms with van der Waals surface area (Å²) in [5.41, 5.74) is 0.591. The molecule has 29 heavy (non-hydrogen) atoms. The minimum absolute atomic E-state index is 0.145. The number of amides is 1. The fourth-order valence-corrected chi connectivity index (χ4v) is 3.43. The third-order valence-electron chi connectivity index (χ3n) is 4.69. The molecule has 0 aliphatic heterocycles. The third kappa shape index (κ3) is 4.27. The molecular weight excluding hydrogens is 397 g/mol. The first-order valence-electron chi connectivity index (χ1n) is 9.33. The molecule has 0 saturated heterocycles. The molecule has 0 saturated carbocycles. The standard InChI is InChI=1S/C22H21ClFNO4/c1-4-25(5-2)22(27)13(3)28-20-12-19-16(10-18(20)24)15(11-21(26)29-19)14-8-6-7-9-17(14)23/h6-13H,4-5H2,1-3H3/t13-/m1/s1. The maximum absolute atomic E-state index is 14.8. The van der Waals surface area contributed by atoms with E-state index in [1.807, 2.05) is 13.8 Å². The molecule has 1 amide bonds. The van der Waals surface area contributed by atoms with Crippen LogP contribution in [0.1, 0.15) is 20.8 Å². The summed E-state index contributed by atoms with van der Waals surface area (Å²) in [6, 6.07) is 10.8. The number of likely N-dealkylation sites (N-methyl/N-ethyl adjacent to an activating group) is 1. The first-order chi connectivity index (χ1) is 13.8. The van der Waals surface area contributed by atoms with Crippen molar-refractivity contribution in [2.45, 2.75) is 26.9 Å². The first-order valence-corrected chi connectivity index (χ1v) is 9.71. The molecular formula is C22H21ClFNO4. The number of ether oxygens (including phenoxy) is 1. The van der Waals surface area contributed by atoms with Gasteiger partial charge in [0.1, 0.15) is 5.58 Å². The highest BCUT2D eigenvalue weighted by atomic mass is 35.5. The molecule has 2 aromatic carbocycles. The van der Waals surface area contributed by atoms with E-state index in [0.29, 0.717) is 34.6 Å². The summed E-state index contributed by atoms with van der Waals surface area (Å²) >= 11 is 6.25. The van der Waals surface area contributed by atoms with Crippen molar-refractivity contribution in [2.75, 3.05) is 13.1 Å². The lowest BCUT2D eigenvalue weighted by Gasteiger charge is -2.23. The van der Waals surface area contributed by atoms with Gasteiger partial charge < -0.3 is 14.1 Å². The van der Waals surface area contributed by atoms with Crippen LogP contribution in [-0.4, -0.2) is 30.0 Å². The molecule has 0 N–H and O–H groups in total. The normalized spacial score (nSPS) is 12.0. The van der Waals surface area contributed by atoms with Gasteiger partial charge in [0.25, 0.3) is 5.91 Å². The largest absolute Gasteiger partial charge is 0.478 e. The number of fused-ring (bicyclic) bond motifs is 1. The number of hydrogen-bond donors (Lipinski definition) is 0. The predicted molar refractivity (Wildman–Crippen MR) is 111 cm³/mol. The molecule has 0 unspecified atom stereocenters. The maximum Gasteiger partial charge on any atom is 0.336 e. The molecule has 1 heterocycles. The predicted octanol–water partition coefficient (Wildman–Crippen LogP) is 4.89. The second-order valence-electron chi connectivity index (χ2n) is 6.51. The summed E-state index contributed by atoms with van der Waals surface area (Å²) < 4.78 is 25.6. The summed E-state index contributed by atoms with van der Waals surface area (Å²) in [7, 11) is 0. The van der Waals surface area contributed by atoms with Gasteiger partial charge in [0.2, 0.25) is 0 Å². The molecule has 0 fully saturated rings. The highest BCUT2D eigenvalue weighted by Gasteiger charge is 2.22. The van der Waals surface area contributed by atoms with Crippen LogP contribution in [-0.2, 0) is 4.79 Å². The van der Waals surface area contributed by atoms with Crippen LogP contribution in [0.4, 0.5) is 4.39 Å². The summed E-state index contributed by atoms with van der Waals surface area (Å²) in [4.78, 5) is 26.1. The first kappa shape index (κ1) is 20.9. The smallest absolute Gasteiger partial charge is 0.336 e. The lowest BCUT2D eigenvalue weighted by molar-refractivity contribution is -0.137. The third-order valence-corrected chi connectivity index (χ3v) is 5.02. The van der Waals surface area contributed by atoms with Gasteiger partial charge in [0.05, 0.1) is 0 Å². The molecule has 5 nitrogen and oxygen atoms in total. The molecule has 7 heteroatoms. The number of halogens is 2. The molecule has 3 aromatic rings. The Balaban J connectivity index is 2.05. The number of carbonyl (C=O) groups is 1. The zero-order valence-corrected chi connectivity index (χ0v) is 17.1. The monoisotopic (exact) mass is 417 g/mol. The van der Waals surface area contributed by atoms with Crippen molar-refractivity contribution in [3.63, 3.8) is 0 Å². The van der Waals surface area contributed by atoms with Crippen LogP contribution < -0.4 is 10.4 Å². The van der Waals surface area contributed by atoms with Gasteiger partial charge in [0, 0.05) is 46.8 Å². The van der Waals surface area contributed by atoms with Gasteiger partial charge in [0.15, 0.2) is 17.7 Å². The topological polar surface area (TPSA) is 59.8 Å². The molecule has 1 atom stereocenters. The zero-order chi connectivity index (χ0) is 21.1. The SMILES string of the molecule is CCN(CC)C(=O)[C@@H](C)Oc1cc2oc(=O)cc(-c3ccccc3Cl)c2cc1F. The van der Waals surface area contributed by atoms with Gasteiger partial charge in [-0.15, -0.1) is 0 Å². The second kappa shape index (κ2) is 8.66. The van der Waals surface area contributed by atoms with Crippen molar-refractivity contribution >= 4 is 28.5 Å². The van der Waals surface area contributed by atoms with Gasteiger partial charge in [-0.3, -0.25) is 4.79 Å². The van der Waals surface area contributed by atoms with E-state index in [2.05, 4.69) is 0 Å². The average molecular weight is 418 g/mol. The van der Waals surface area contributed by atoms with Crippen LogP contribution >= 0.6 is 11.6 Å². The second-order valence-corrected chi connectivity index (χ2v) is 6.92. The summed E-state index contributed by atoms with van der Waals surface area (Å²) in [6.45, 7) is 6.32. The van der Waals surface area contributed by atoms with Gasteiger partial charge >= 0.3 is 5.63 Å². The molecule has 0 aliphatic rings. The van der Waals surface area contributed by atoms with Crippen molar-refractivity contribution in [3.8, 4) is 16.9 Å². The number of rotatable bonds is 6. The molecule has 152 valence electrons. The Morgan fingerprint density at radius 2 is 1.86 bits per heavy atom. The number of hydrogen-bond acceptors (Lipinski definition) is 4. The van der Waals surface area contributed by atoms with E-state index >= 15 is 0 Å². The minimum Gasteiger partial charge on any atom is -0.478 e. The molecule has 0 bridgehead atoms. The number of nitrogens with zero attached hydrogens (tertiary/aromatic N) is 1. The number of benzene rings is 2. The molecule has 1 aromatic heterocycles. The molecule has 0 spiro atoms. The Hall–Kier alpha value is -2.86.